The van der Waals surface area contributed by atoms with Crippen LogP contribution in [0.4, 0.5) is 26.3 Å². The van der Waals surface area contributed by atoms with Crippen LogP contribution in [-0.2, 0) is 31.8 Å². The van der Waals surface area contributed by atoms with Gasteiger partial charge in [0.25, 0.3) is 0 Å². The van der Waals surface area contributed by atoms with E-state index < -0.39 is 34.8 Å². The summed E-state index contributed by atoms with van der Waals surface area (Å²) in [6.45, 7) is 1.08. The smallest absolute Gasteiger partial charge is 0.188 e. The summed E-state index contributed by atoms with van der Waals surface area (Å²) in [5.41, 5.74) is 5.17. The van der Waals surface area contributed by atoms with Crippen molar-refractivity contribution >= 4 is 0 Å². The Balaban J connectivity index is 0.000000211. The van der Waals surface area contributed by atoms with Crippen LogP contribution in [0.25, 0.3) is 0 Å². The van der Waals surface area contributed by atoms with E-state index in [9.17, 15) is 36.6 Å². The third-order valence-electron chi connectivity index (χ3n) is 13.9. The molecule has 0 heterocycles. The van der Waals surface area contributed by atoms with Gasteiger partial charge in [-0.2, -0.15) is 0 Å². The fraction of sp³-hybridized carbons (Fsp3) is 0.379. The molecule has 6 aromatic rings. The van der Waals surface area contributed by atoms with E-state index in [1.54, 1.807) is 52.7 Å². The first-order chi connectivity index (χ1) is 34.8. The minimum absolute atomic E-state index is 0.109. The molecular weight excluding hydrogens is 939 g/mol. The SMILES string of the molecule is COC(CCCCOc1ccc([C@@H]2c3cc(F)c(O)c(F)c3CC[C@@H]2c2ccc(F)cc2)cc1)OC.COC(CCCCOc1ccc([C@H]2c3cc(F)c(O)c(F)c3CC[C@H]2c2ccc(F)cc2)cc1)OC. The van der Waals surface area contributed by atoms with Gasteiger partial charge in [0.15, 0.2) is 47.3 Å². The zero-order valence-electron chi connectivity index (χ0n) is 41.0. The molecule has 384 valence electrons. The van der Waals surface area contributed by atoms with Crippen molar-refractivity contribution in [1.82, 2.24) is 0 Å². The minimum Gasteiger partial charge on any atom is -0.503 e. The number of methoxy groups -OCH3 is 4. The van der Waals surface area contributed by atoms with E-state index in [0.29, 0.717) is 72.6 Å². The van der Waals surface area contributed by atoms with Crippen molar-refractivity contribution < 1.29 is 65.0 Å². The molecule has 0 saturated carbocycles. The van der Waals surface area contributed by atoms with Crippen molar-refractivity contribution in [3.8, 4) is 23.0 Å². The molecule has 8 rings (SSSR count). The monoisotopic (exact) mass is 1000 g/mol. The lowest BCUT2D eigenvalue weighted by Crippen LogP contribution is -2.22. The first-order valence-corrected chi connectivity index (χ1v) is 24.3. The number of phenols is 2. The Kier molecular flexibility index (Phi) is 19.1. The quantitative estimate of drug-likeness (QED) is 0.0444. The topological polar surface area (TPSA) is 95.8 Å². The number of unbranched alkanes of at least 4 members (excludes halogenated alkanes) is 2. The summed E-state index contributed by atoms with van der Waals surface area (Å²) in [6.07, 6.45) is 6.46. The van der Waals surface area contributed by atoms with Gasteiger partial charge < -0.3 is 38.6 Å². The number of fused-ring (bicyclic) bond motifs is 2. The summed E-state index contributed by atoms with van der Waals surface area (Å²) < 4.78 is 118. The average molecular weight is 1000 g/mol. The molecule has 4 atom stereocenters. The Morgan fingerprint density at radius 2 is 0.792 bits per heavy atom. The van der Waals surface area contributed by atoms with Crippen LogP contribution in [0, 0.1) is 34.9 Å². The molecule has 8 nitrogen and oxygen atoms in total. The van der Waals surface area contributed by atoms with E-state index in [2.05, 4.69) is 0 Å². The van der Waals surface area contributed by atoms with Crippen LogP contribution in [0.3, 0.4) is 0 Å². The number of halogens is 6. The third-order valence-corrected chi connectivity index (χ3v) is 13.9. The molecule has 0 spiro atoms. The first-order valence-electron chi connectivity index (χ1n) is 24.3. The Morgan fingerprint density at radius 3 is 1.12 bits per heavy atom. The maximum absolute atomic E-state index is 14.8. The van der Waals surface area contributed by atoms with Gasteiger partial charge in [0, 0.05) is 40.3 Å². The van der Waals surface area contributed by atoms with Crippen LogP contribution in [0.2, 0.25) is 0 Å². The summed E-state index contributed by atoms with van der Waals surface area (Å²) in [7, 11) is 6.46. The molecular formula is C58H62F6O8. The van der Waals surface area contributed by atoms with Crippen LogP contribution >= 0.6 is 0 Å². The van der Waals surface area contributed by atoms with E-state index in [1.807, 2.05) is 48.5 Å². The van der Waals surface area contributed by atoms with Gasteiger partial charge in [-0.05, 0) is 181 Å². The van der Waals surface area contributed by atoms with Crippen LogP contribution in [-0.4, -0.2) is 64.4 Å². The number of phenolic OH excluding ortho intramolecular Hbond substituents is 2. The van der Waals surface area contributed by atoms with E-state index in [1.165, 1.54) is 36.4 Å². The maximum Gasteiger partial charge on any atom is 0.188 e. The van der Waals surface area contributed by atoms with Gasteiger partial charge in [0.1, 0.15) is 23.1 Å². The molecule has 0 amide bonds. The van der Waals surface area contributed by atoms with Gasteiger partial charge in [0.05, 0.1) is 13.2 Å². The molecule has 72 heavy (non-hydrogen) atoms. The van der Waals surface area contributed by atoms with Crippen molar-refractivity contribution in [3.63, 3.8) is 0 Å². The summed E-state index contributed by atoms with van der Waals surface area (Å²) in [5.74, 6) is -5.89. The third kappa shape index (κ3) is 12.9. The van der Waals surface area contributed by atoms with Gasteiger partial charge in [-0.15, -0.1) is 0 Å². The molecule has 0 bridgehead atoms. The van der Waals surface area contributed by atoms with Crippen molar-refractivity contribution in [3.05, 3.63) is 189 Å². The highest BCUT2D eigenvalue weighted by Gasteiger charge is 2.37. The molecule has 6 aromatic carbocycles. The second kappa shape index (κ2) is 25.5. The van der Waals surface area contributed by atoms with E-state index in [0.717, 1.165) is 60.8 Å². The molecule has 0 fully saturated rings. The second-order valence-corrected chi connectivity index (χ2v) is 18.2. The molecule has 2 aliphatic rings. The standard InChI is InChI=1S/2C29H31F3O4/c2*1-34-26(35-2)5-3-4-16-36-21-12-8-19(9-13-21)27-22(18-6-10-20(30)11-7-18)14-15-23-24(27)17-25(31)29(33)28(23)32/h2*6-13,17,22,26-27,33H,3-5,14-16H2,1-2H3/t2*22-,27+/m10/s1. The van der Waals surface area contributed by atoms with Crippen molar-refractivity contribution in [2.24, 2.45) is 0 Å². The summed E-state index contributed by atoms with van der Waals surface area (Å²) in [6, 6.07) is 30.0. The molecule has 0 radical (unpaired) electrons. The average Bonchev–Trinajstić information content (AvgIpc) is 3.40. The summed E-state index contributed by atoms with van der Waals surface area (Å²) in [5, 5.41) is 19.7. The van der Waals surface area contributed by atoms with Gasteiger partial charge in [-0.1, -0.05) is 48.5 Å². The lowest BCUT2D eigenvalue weighted by atomic mass is 9.69. The number of aromatic hydroxyl groups is 2. The highest BCUT2D eigenvalue weighted by Crippen LogP contribution is 2.50. The summed E-state index contributed by atoms with van der Waals surface area (Å²) in [4.78, 5) is 0. The van der Waals surface area contributed by atoms with Crippen LogP contribution in [0.15, 0.2) is 109 Å². The summed E-state index contributed by atoms with van der Waals surface area (Å²) >= 11 is 0. The van der Waals surface area contributed by atoms with E-state index in [-0.39, 0.29) is 47.9 Å². The molecule has 0 saturated heterocycles. The van der Waals surface area contributed by atoms with E-state index >= 15 is 0 Å². The molecule has 14 heteroatoms. The minimum atomic E-state index is -0.986. The van der Waals surface area contributed by atoms with Crippen LogP contribution < -0.4 is 9.47 Å². The first kappa shape index (κ1) is 53.7. The van der Waals surface area contributed by atoms with Crippen molar-refractivity contribution in [1.29, 1.82) is 0 Å². The lowest BCUT2D eigenvalue weighted by molar-refractivity contribution is -0.107. The Bertz CT molecular complexity index is 2470. The normalized spacial score (nSPS) is 17.3. The van der Waals surface area contributed by atoms with Gasteiger partial charge in [-0.3, -0.25) is 0 Å². The number of ether oxygens (including phenoxy) is 6. The second-order valence-electron chi connectivity index (χ2n) is 18.2. The number of benzene rings is 6. The molecule has 0 aromatic heterocycles. The van der Waals surface area contributed by atoms with Crippen molar-refractivity contribution in [2.75, 3.05) is 41.7 Å². The lowest BCUT2D eigenvalue weighted by Gasteiger charge is -2.35. The van der Waals surface area contributed by atoms with Gasteiger partial charge in [0.2, 0.25) is 0 Å². The van der Waals surface area contributed by atoms with Gasteiger partial charge in [-0.25, -0.2) is 26.3 Å². The highest BCUT2D eigenvalue weighted by atomic mass is 19.2. The molecule has 0 aliphatic heterocycles. The van der Waals surface area contributed by atoms with Crippen LogP contribution in [0.5, 0.6) is 23.0 Å². The molecule has 0 unspecified atom stereocenters. The number of rotatable bonds is 20. The van der Waals surface area contributed by atoms with Gasteiger partial charge >= 0.3 is 0 Å². The van der Waals surface area contributed by atoms with Crippen molar-refractivity contribution in [2.45, 2.75) is 100 Å². The largest absolute Gasteiger partial charge is 0.503 e. The van der Waals surface area contributed by atoms with Crippen LogP contribution in [0.1, 0.15) is 120 Å². The predicted octanol–water partition coefficient (Wildman–Crippen LogP) is 13.7. The maximum atomic E-state index is 14.8. The fourth-order valence-corrected chi connectivity index (χ4v) is 10.1. The zero-order valence-corrected chi connectivity index (χ0v) is 41.0. The Labute approximate surface area is 417 Å². The number of hydrogen-bond donors (Lipinski definition) is 2. The highest BCUT2D eigenvalue weighted by molar-refractivity contribution is 5.51. The predicted molar refractivity (Wildman–Crippen MR) is 262 cm³/mol. The fourth-order valence-electron chi connectivity index (χ4n) is 10.1. The van der Waals surface area contributed by atoms with E-state index in [4.69, 9.17) is 28.4 Å². The zero-order chi connectivity index (χ0) is 51.3. The molecule has 2 N–H and O–H groups in total. The Hall–Kier alpha value is -6.06. The Morgan fingerprint density at radius 1 is 0.458 bits per heavy atom. The number of hydrogen-bond acceptors (Lipinski definition) is 8. The molecule has 2 aliphatic carbocycles.